The van der Waals surface area contributed by atoms with Gasteiger partial charge in [-0.05, 0) is 64.6 Å². The number of rotatable bonds is 3. The Morgan fingerprint density at radius 3 is 2.64 bits per heavy atom. The Hall–Kier alpha value is -3.68. The van der Waals surface area contributed by atoms with Gasteiger partial charge in [-0.25, -0.2) is 0 Å². The monoisotopic (exact) mass is 431 g/mol. The van der Waals surface area contributed by atoms with Gasteiger partial charge in [0.1, 0.15) is 0 Å². The smallest absolute Gasteiger partial charge is 0.258 e. The Balaban J connectivity index is 1.30. The zero-order chi connectivity index (χ0) is 22.4. The lowest BCUT2D eigenvalue weighted by atomic mass is 9.82. The number of piperidine rings is 1. The molecule has 4 heteroatoms. The summed E-state index contributed by atoms with van der Waals surface area (Å²) in [6, 6.07) is 28.9. The molecule has 3 heterocycles. The molecule has 2 aliphatic heterocycles. The first-order valence-electron chi connectivity index (χ1n) is 11.6. The van der Waals surface area contributed by atoms with Crippen molar-refractivity contribution in [1.29, 1.82) is 5.26 Å². The van der Waals surface area contributed by atoms with Crippen molar-refractivity contribution in [2.75, 3.05) is 13.1 Å². The van der Waals surface area contributed by atoms with E-state index in [1.807, 2.05) is 41.0 Å². The Kier molecular flexibility index (Phi) is 4.86. The molecular formula is C29H25N3O. The molecule has 0 saturated carbocycles. The summed E-state index contributed by atoms with van der Waals surface area (Å²) in [5.74, 6) is 0.843. The lowest BCUT2D eigenvalue weighted by molar-refractivity contribution is 0.114. The van der Waals surface area contributed by atoms with E-state index in [1.54, 1.807) is 0 Å². The summed E-state index contributed by atoms with van der Waals surface area (Å²) >= 11 is 0. The topological polar surface area (TPSA) is 49.0 Å². The van der Waals surface area contributed by atoms with Gasteiger partial charge >= 0.3 is 0 Å². The van der Waals surface area contributed by atoms with E-state index in [1.165, 1.54) is 10.9 Å². The van der Waals surface area contributed by atoms with E-state index in [9.17, 15) is 10.1 Å². The molecule has 1 aromatic heterocycles. The number of pyridine rings is 1. The van der Waals surface area contributed by atoms with Crippen LogP contribution in [0.15, 0.2) is 83.7 Å². The van der Waals surface area contributed by atoms with Gasteiger partial charge < -0.3 is 4.57 Å². The highest BCUT2D eigenvalue weighted by molar-refractivity contribution is 5.87. The van der Waals surface area contributed by atoms with Gasteiger partial charge in [0, 0.05) is 43.4 Å². The first-order chi connectivity index (χ1) is 16.2. The SMILES string of the molecule is N#Cc1cccc(CN2C[C@@H]3C[C@H](C2)c2ccc(-c4ccc5ccccc5c4)c(=O)n2C3)c1. The summed E-state index contributed by atoms with van der Waals surface area (Å²) in [5, 5.41) is 11.5. The highest BCUT2D eigenvalue weighted by atomic mass is 16.1. The van der Waals surface area contributed by atoms with Crippen molar-refractivity contribution >= 4 is 10.8 Å². The quantitative estimate of drug-likeness (QED) is 0.450. The first-order valence-corrected chi connectivity index (χ1v) is 11.6. The van der Waals surface area contributed by atoms with Crippen molar-refractivity contribution in [3.63, 3.8) is 0 Å². The molecule has 0 N–H and O–H groups in total. The molecule has 162 valence electrons. The summed E-state index contributed by atoms with van der Waals surface area (Å²) in [6.07, 6.45) is 1.14. The third-order valence-electron chi connectivity index (χ3n) is 7.20. The van der Waals surface area contributed by atoms with Gasteiger partial charge in [-0.15, -0.1) is 0 Å². The summed E-state index contributed by atoms with van der Waals surface area (Å²) < 4.78 is 2.04. The van der Waals surface area contributed by atoms with Crippen LogP contribution < -0.4 is 5.56 Å². The van der Waals surface area contributed by atoms with E-state index in [0.717, 1.165) is 54.8 Å². The minimum Gasteiger partial charge on any atom is -0.311 e. The number of benzene rings is 3. The number of likely N-dealkylation sites (tertiary alicyclic amines) is 1. The molecule has 0 unspecified atom stereocenters. The molecule has 1 saturated heterocycles. The predicted octanol–water partition coefficient (Wildman–Crippen LogP) is 5.16. The summed E-state index contributed by atoms with van der Waals surface area (Å²) in [5.41, 5.74) is 4.96. The van der Waals surface area contributed by atoms with Crippen molar-refractivity contribution in [3.8, 4) is 17.2 Å². The summed E-state index contributed by atoms with van der Waals surface area (Å²) in [6.45, 7) is 3.56. The number of aromatic nitrogens is 1. The standard InChI is InChI=1S/C29H25N3O/c30-15-20-4-3-5-21(12-20)16-31-17-22-13-26(19-31)28-11-10-27(29(33)32(28)18-22)25-9-8-23-6-1-2-7-24(23)14-25/h1-12,14,22,26H,13,16-19H2/t22-,26+/m0/s1. The van der Waals surface area contributed by atoms with Crippen molar-refractivity contribution in [2.45, 2.75) is 25.4 Å². The molecule has 0 radical (unpaired) electrons. The Labute approximate surface area is 193 Å². The second kappa shape index (κ2) is 8.03. The third kappa shape index (κ3) is 3.65. The van der Waals surface area contributed by atoms with Gasteiger partial charge in [-0.2, -0.15) is 5.26 Å². The van der Waals surface area contributed by atoms with E-state index in [0.29, 0.717) is 17.4 Å². The number of nitriles is 1. The van der Waals surface area contributed by atoms with Crippen molar-refractivity contribution in [2.24, 2.45) is 5.92 Å². The average Bonchev–Trinajstić information content (AvgIpc) is 2.84. The summed E-state index contributed by atoms with van der Waals surface area (Å²) in [7, 11) is 0. The molecule has 1 fully saturated rings. The van der Waals surface area contributed by atoms with Gasteiger partial charge in [-0.1, -0.05) is 48.5 Å². The fraction of sp³-hybridized carbons (Fsp3) is 0.241. The van der Waals surface area contributed by atoms with Crippen LogP contribution in [0.4, 0.5) is 0 Å². The van der Waals surface area contributed by atoms with Gasteiger partial charge in [0.2, 0.25) is 0 Å². The van der Waals surface area contributed by atoms with Crippen LogP contribution in [0, 0.1) is 17.2 Å². The Morgan fingerprint density at radius 1 is 0.879 bits per heavy atom. The minimum absolute atomic E-state index is 0.132. The molecule has 2 bridgehead atoms. The van der Waals surface area contributed by atoms with Crippen LogP contribution in [-0.2, 0) is 13.1 Å². The molecule has 4 aromatic rings. The number of hydrogen-bond donors (Lipinski definition) is 0. The number of fused-ring (bicyclic) bond motifs is 5. The molecule has 0 aliphatic carbocycles. The summed E-state index contributed by atoms with van der Waals surface area (Å²) in [4.78, 5) is 16.0. The number of hydrogen-bond acceptors (Lipinski definition) is 3. The van der Waals surface area contributed by atoms with Crippen molar-refractivity contribution < 1.29 is 0 Å². The van der Waals surface area contributed by atoms with E-state index < -0.39 is 0 Å². The highest BCUT2D eigenvalue weighted by Gasteiger charge is 2.35. The minimum atomic E-state index is 0.132. The molecule has 6 rings (SSSR count). The molecule has 4 nitrogen and oxygen atoms in total. The first kappa shape index (κ1) is 20.0. The maximum absolute atomic E-state index is 13.5. The van der Waals surface area contributed by atoms with Crippen molar-refractivity contribution in [1.82, 2.24) is 9.47 Å². The molecular weight excluding hydrogens is 406 g/mol. The molecule has 0 spiro atoms. The van der Waals surface area contributed by atoms with E-state index in [2.05, 4.69) is 53.4 Å². The van der Waals surface area contributed by atoms with E-state index >= 15 is 0 Å². The highest BCUT2D eigenvalue weighted by Crippen LogP contribution is 2.36. The predicted molar refractivity (Wildman–Crippen MR) is 131 cm³/mol. The molecule has 2 atom stereocenters. The van der Waals surface area contributed by atoms with Gasteiger partial charge in [-0.3, -0.25) is 9.69 Å². The lowest BCUT2D eigenvalue weighted by Gasteiger charge is -2.43. The maximum atomic E-state index is 13.5. The average molecular weight is 432 g/mol. The fourth-order valence-electron chi connectivity index (χ4n) is 5.75. The second-order valence-corrected chi connectivity index (χ2v) is 9.45. The zero-order valence-corrected chi connectivity index (χ0v) is 18.4. The second-order valence-electron chi connectivity index (χ2n) is 9.45. The van der Waals surface area contributed by atoms with Gasteiger partial charge in [0.05, 0.1) is 11.6 Å². The van der Waals surface area contributed by atoms with Crippen LogP contribution in [0.25, 0.3) is 21.9 Å². The van der Waals surface area contributed by atoms with E-state index in [-0.39, 0.29) is 5.56 Å². The zero-order valence-electron chi connectivity index (χ0n) is 18.4. The molecule has 0 amide bonds. The van der Waals surface area contributed by atoms with Gasteiger partial charge in [0.25, 0.3) is 5.56 Å². The van der Waals surface area contributed by atoms with Crippen LogP contribution in [0.3, 0.4) is 0 Å². The lowest BCUT2D eigenvalue weighted by Crippen LogP contribution is -2.46. The van der Waals surface area contributed by atoms with Gasteiger partial charge in [0.15, 0.2) is 0 Å². The Bertz CT molecular complexity index is 1460. The van der Waals surface area contributed by atoms with Crippen molar-refractivity contribution in [3.05, 3.63) is 106 Å². The number of nitrogens with zero attached hydrogens (tertiary/aromatic N) is 3. The van der Waals surface area contributed by atoms with Crippen LogP contribution in [0.2, 0.25) is 0 Å². The molecule has 33 heavy (non-hydrogen) atoms. The molecule has 3 aromatic carbocycles. The van der Waals surface area contributed by atoms with Crippen LogP contribution >= 0.6 is 0 Å². The van der Waals surface area contributed by atoms with Crippen LogP contribution in [0.5, 0.6) is 0 Å². The Morgan fingerprint density at radius 2 is 1.76 bits per heavy atom. The largest absolute Gasteiger partial charge is 0.311 e. The van der Waals surface area contributed by atoms with Crippen LogP contribution in [0.1, 0.15) is 29.2 Å². The fourth-order valence-corrected chi connectivity index (χ4v) is 5.75. The third-order valence-corrected chi connectivity index (χ3v) is 7.20. The maximum Gasteiger partial charge on any atom is 0.258 e. The van der Waals surface area contributed by atoms with Crippen LogP contribution in [-0.4, -0.2) is 22.6 Å². The normalized spacial score (nSPS) is 19.7. The van der Waals surface area contributed by atoms with E-state index in [4.69, 9.17) is 0 Å². The molecule has 2 aliphatic rings.